The summed E-state index contributed by atoms with van der Waals surface area (Å²) in [5.74, 6) is 0.808. The topological polar surface area (TPSA) is 29.5 Å². The maximum absolute atomic E-state index is 11.5. The van der Waals surface area contributed by atoms with Crippen LogP contribution in [0.5, 0.6) is 0 Å². The number of carbonyl (C=O) groups is 1. The van der Waals surface area contributed by atoms with Crippen LogP contribution in [0.4, 0.5) is 4.79 Å². The van der Waals surface area contributed by atoms with Crippen LogP contribution in [0, 0.1) is 5.92 Å². The Balaban J connectivity index is 2.33. The van der Waals surface area contributed by atoms with Gasteiger partial charge in [-0.2, -0.15) is 0 Å². The molecule has 15 heavy (non-hydrogen) atoms. The lowest BCUT2D eigenvalue weighted by Gasteiger charge is -2.40. The second-order valence-electron chi connectivity index (χ2n) is 4.87. The van der Waals surface area contributed by atoms with Gasteiger partial charge in [-0.1, -0.05) is 12.2 Å². The molecule has 1 aliphatic rings. The first-order valence-corrected chi connectivity index (χ1v) is 5.58. The Morgan fingerprint density at radius 1 is 1.53 bits per heavy atom. The molecule has 0 aromatic carbocycles. The molecule has 1 amide bonds. The monoisotopic (exact) mass is 231 g/mol. The summed E-state index contributed by atoms with van der Waals surface area (Å²) in [7, 11) is 0. The summed E-state index contributed by atoms with van der Waals surface area (Å²) in [5, 5.41) is 0. The maximum Gasteiger partial charge on any atom is 0.410 e. The Bertz CT molecular complexity index is 264. The van der Waals surface area contributed by atoms with E-state index in [4.69, 9.17) is 16.3 Å². The van der Waals surface area contributed by atoms with Crippen LogP contribution in [0.1, 0.15) is 20.8 Å². The molecule has 0 unspecified atom stereocenters. The summed E-state index contributed by atoms with van der Waals surface area (Å²) in [6.45, 7) is 10.8. The summed E-state index contributed by atoms with van der Waals surface area (Å²) < 4.78 is 5.23. The fourth-order valence-corrected chi connectivity index (χ4v) is 1.54. The maximum atomic E-state index is 11.5. The summed E-state index contributed by atoms with van der Waals surface area (Å²) >= 11 is 5.66. The van der Waals surface area contributed by atoms with Crippen molar-refractivity contribution in [2.45, 2.75) is 26.4 Å². The summed E-state index contributed by atoms with van der Waals surface area (Å²) in [6, 6.07) is 0. The van der Waals surface area contributed by atoms with Crippen LogP contribution in [0.25, 0.3) is 0 Å². The number of hydrogen-bond donors (Lipinski definition) is 0. The second kappa shape index (κ2) is 4.44. The van der Waals surface area contributed by atoms with E-state index in [1.165, 1.54) is 0 Å². The third kappa shape index (κ3) is 3.42. The number of rotatable bonds is 2. The van der Waals surface area contributed by atoms with Gasteiger partial charge in [-0.05, 0) is 20.8 Å². The van der Waals surface area contributed by atoms with E-state index in [9.17, 15) is 4.79 Å². The lowest BCUT2D eigenvalue weighted by atomic mass is 9.94. The Morgan fingerprint density at radius 2 is 2.07 bits per heavy atom. The highest BCUT2D eigenvalue weighted by Gasteiger charge is 2.34. The van der Waals surface area contributed by atoms with E-state index in [1.54, 1.807) is 4.90 Å². The highest BCUT2D eigenvalue weighted by atomic mass is 35.5. The fourth-order valence-electron chi connectivity index (χ4n) is 1.32. The first-order chi connectivity index (χ1) is 6.83. The van der Waals surface area contributed by atoms with E-state index >= 15 is 0 Å². The van der Waals surface area contributed by atoms with Crippen LogP contribution in [-0.4, -0.2) is 35.6 Å². The van der Waals surface area contributed by atoms with E-state index < -0.39 is 5.60 Å². The van der Waals surface area contributed by atoms with Crippen molar-refractivity contribution in [3.8, 4) is 0 Å². The molecule has 1 fully saturated rings. The summed E-state index contributed by atoms with van der Waals surface area (Å²) in [5.41, 5.74) is 0.572. The molecule has 0 saturated carbocycles. The smallest absolute Gasteiger partial charge is 0.410 e. The predicted molar refractivity (Wildman–Crippen MR) is 61.2 cm³/mol. The van der Waals surface area contributed by atoms with Gasteiger partial charge in [-0.15, -0.1) is 11.6 Å². The van der Waals surface area contributed by atoms with Gasteiger partial charge < -0.3 is 9.64 Å². The van der Waals surface area contributed by atoms with Gasteiger partial charge in [-0.3, -0.25) is 0 Å². The van der Waals surface area contributed by atoms with Crippen molar-refractivity contribution < 1.29 is 9.53 Å². The zero-order chi connectivity index (χ0) is 11.6. The Kier molecular flexibility index (Phi) is 3.66. The first-order valence-electron chi connectivity index (χ1n) is 5.05. The van der Waals surface area contributed by atoms with Crippen molar-refractivity contribution in [1.82, 2.24) is 4.90 Å². The quantitative estimate of drug-likeness (QED) is 0.540. The number of ether oxygens (including phenoxy) is 1. The zero-order valence-electron chi connectivity index (χ0n) is 9.55. The highest BCUT2D eigenvalue weighted by molar-refractivity contribution is 6.19. The van der Waals surface area contributed by atoms with E-state index in [2.05, 4.69) is 6.58 Å². The number of amides is 1. The normalized spacial score (nSPS) is 17.2. The van der Waals surface area contributed by atoms with Gasteiger partial charge in [0, 0.05) is 24.9 Å². The predicted octanol–water partition coefficient (Wildman–Crippen LogP) is 2.65. The molecule has 1 rings (SSSR count). The third-order valence-electron chi connectivity index (χ3n) is 2.28. The summed E-state index contributed by atoms with van der Waals surface area (Å²) in [4.78, 5) is 13.2. The minimum atomic E-state index is -0.425. The van der Waals surface area contributed by atoms with Crippen molar-refractivity contribution in [2.75, 3.05) is 19.0 Å². The lowest BCUT2D eigenvalue weighted by Crippen LogP contribution is -2.52. The highest BCUT2D eigenvalue weighted by Crippen LogP contribution is 2.24. The molecule has 0 radical (unpaired) electrons. The van der Waals surface area contributed by atoms with Crippen molar-refractivity contribution in [2.24, 2.45) is 5.92 Å². The number of halogens is 1. The van der Waals surface area contributed by atoms with Crippen LogP contribution in [0.15, 0.2) is 12.2 Å². The van der Waals surface area contributed by atoms with Gasteiger partial charge in [-0.25, -0.2) is 4.79 Å². The molecule has 0 N–H and O–H groups in total. The van der Waals surface area contributed by atoms with Crippen LogP contribution < -0.4 is 0 Å². The molecule has 1 saturated heterocycles. The Labute approximate surface area is 96.0 Å². The number of nitrogens with zero attached hydrogens (tertiary/aromatic N) is 1. The Morgan fingerprint density at radius 3 is 2.47 bits per heavy atom. The van der Waals surface area contributed by atoms with E-state index in [0.717, 1.165) is 5.57 Å². The van der Waals surface area contributed by atoms with Crippen LogP contribution in [0.3, 0.4) is 0 Å². The molecule has 0 aromatic rings. The largest absolute Gasteiger partial charge is 0.444 e. The lowest BCUT2D eigenvalue weighted by molar-refractivity contribution is 0.00380. The SMILES string of the molecule is C=C(CCl)C1CN(C(=O)OC(C)(C)C)C1. The van der Waals surface area contributed by atoms with Crippen molar-refractivity contribution in [3.05, 3.63) is 12.2 Å². The van der Waals surface area contributed by atoms with Crippen LogP contribution in [0.2, 0.25) is 0 Å². The molecule has 4 heteroatoms. The average molecular weight is 232 g/mol. The zero-order valence-corrected chi connectivity index (χ0v) is 10.3. The van der Waals surface area contributed by atoms with Crippen LogP contribution in [-0.2, 0) is 4.74 Å². The van der Waals surface area contributed by atoms with Crippen molar-refractivity contribution in [3.63, 3.8) is 0 Å². The molecule has 3 nitrogen and oxygen atoms in total. The summed E-state index contributed by atoms with van der Waals surface area (Å²) in [6.07, 6.45) is -0.249. The van der Waals surface area contributed by atoms with Gasteiger partial charge in [0.25, 0.3) is 0 Å². The number of likely N-dealkylation sites (tertiary alicyclic amines) is 1. The molecule has 0 bridgehead atoms. The molecule has 0 aliphatic carbocycles. The second-order valence-corrected chi connectivity index (χ2v) is 5.14. The van der Waals surface area contributed by atoms with Crippen molar-refractivity contribution >= 4 is 17.7 Å². The third-order valence-corrected chi connectivity index (χ3v) is 2.63. The van der Waals surface area contributed by atoms with Gasteiger partial charge in [0.2, 0.25) is 0 Å². The molecule has 0 atom stereocenters. The number of hydrogen-bond acceptors (Lipinski definition) is 2. The number of carbonyl (C=O) groups excluding carboxylic acids is 1. The Hall–Kier alpha value is -0.700. The van der Waals surface area contributed by atoms with Gasteiger partial charge in [0.15, 0.2) is 0 Å². The van der Waals surface area contributed by atoms with E-state index in [0.29, 0.717) is 24.9 Å². The van der Waals surface area contributed by atoms with Gasteiger partial charge in [0.05, 0.1) is 0 Å². The molecule has 1 aliphatic heterocycles. The van der Waals surface area contributed by atoms with Crippen molar-refractivity contribution in [1.29, 1.82) is 0 Å². The molecule has 0 aromatic heterocycles. The van der Waals surface area contributed by atoms with E-state index in [-0.39, 0.29) is 6.09 Å². The standard InChI is InChI=1S/C11H18ClNO2/c1-8(5-12)9-6-13(7-9)10(14)15-11(2,3)4/h9H,1,5-7H2,2-4H3. The van der Waals surface area contributed by atoms with Gasteiger partial charge >= 0.3 is 6.09 Å². The van der Waals surface area contributed by atoms with Gasteiger partial charge in [0.1, 0.15) is 5.60 Å². The minimum Gasteiger partial charge on any atom is -0.444 e. The fraction of sp³-hybridized carbons (Fsp3) is 0.727. The molecular formula is C11H18ClNO2. The van der Waals surface area contributed by atoms with E-state index in [1.807, 2.05) is 20.8 Å². The first kappa shape index (κ1) is 12.4. The molecule has 1 heterocycles. The molecule has 0 spiro atoms. The minimum absolute atomic E-state index is 0.249. The molecule has 86 valence electrons. The average Bonchev–Trinajstić information content (AvgIpc) is 1.97. The van der Waals surface area contributed by atoms with Crippen LogP contribution >= 0.6 is 11.6 Å². The molecular weight excluding hydrogens is 214 g/mol. The number of alkyl halides is 1.